The van der Waals surface area contributed by atoms with Crippen LogP contribution in [0.25, 0.3) is 0 Å². The first-order valence-corrected chi connectivity index (χ1v) is 6.73. The fraction of sp³-hybridized carbons (Fsp3) is 0.200. The quantitative estimate of drug-likeness (QED) is 0.795. The molecule has 0 fully saturated rings. The minimum atomic E-state index is -0.0833. The van der Waals surface area contributed by atoms with Gasteiger partial charge in [-0.3, -0.25) is 0 Å². The normalized spacial score (nSPS) is 18.8. The lowest BCUT2D eigenvalue weighted by molar-refractivity contribution is 0.226. The second-order valence-corrected chi connectivity index (χ2v) is 5.00. The van der Waals surface area contributed by atoms with Crippen LogP contribution in [0.4, 0.5) is 0 Å². The molecule has 1 aliphatic rings. The molecular weight excluding hydrogens is 274 g/mol. The number of aliphatic imine (C=N–C) groups is 1. The van der Waals surface area contributed by atoms with E-state index in [9.17, 15) is 0 Å². The molecule has 2 aromatic rings. The predicted molar refractivity (Wildman–Crippen MR) is 78.6 cm³/mol. The fourth-order valence-electron chi connectivity index (χ4n) is 2.00. The van der Waals surface area contributed by atoms with Crippen LogP contribution in [0.15, 0.2) is 58.6 Å². The van der Waals surface area contributed by atoms with Crippen LogP contribution in [0.1, 0.15) is 11.7 Å². The molecule has 1 aliphatic heterocycles. The van der Waals surface area contributed by atoms with Crippen LogP contribution in [-0.2, 0) is 11.8 Å². The zero-order valence-corrected chi connectivity index (χ0v) is 11.8. The Morgan fingerprint density at radius 2 is 2.05 bits per heavy atom. The van der Waals surface area contributed by atoms with Gasteiger partial charge in [0.25, 0.3) is 0 Å². The van der Waals surface area contributed by atoms with Gasteiger partial charge in [-0.25, -0.2) is 4.99 Å². The minimum absolute atomic E-state index is 0.0833. The molecule has 4 nitrogen and oxygen atoms in total. The minimum Gasteiger partial charge on any atom is -0.453 e. The van der Waals surface area contributed by atoms with E-state index in [1.165, 1.54) is 0 Å². The Kier molecular flexibility index (Phi) is 3.56. The van der Waals surface area contributed by atoms with Gasteiger partial charge in [0.1, 0.15) is 11.6 Å². The fourth-order valence-corrected chi connectivity index (χ4v) is 2.13. The molecular formula is C15H14ClN3O. The van der Waals surface area contributed by atoms with E-state index in [2.05, 4.69) is 9.98 Å². The zero-order valence-electron chi connectivity index (χ0n) is 11.0. The Morgan fingerprint density at radius 1 is 1.25 bits per heavy atom. The van der Waals surface area contributed by atoms with Crippen LogP contribution in [0, 0.1) is 0 Å². The van der Waals surface area contributed by atoms with Gasteiger partial charge in [0.05, 0.1) is 6.54 Å². The highest BCUT2D eigenvalue weighted by Crippen LogP contribution is 2.24. The van der Waals surface area contributed by atoms with Gasteiger partial charge in [-0.1, -0.05) is 29.8 Å². The van der Waals surface area contributed by atoms with E-state index in [-0.39, 0.29) is 6.10 Å². The molecule has 5 heteroatoms. The summed E-state index contributed by atoms with van der Waals surface area (Å²) in [6.07, 6.45) is 1.85. The number of hydrogen-bond acceptors (Lipinski definition) is 3. The van der Waals surface area contributed by atoms with Crippen LogP contribution in [-0.4, -0.2) is 17.1 Å². The number of aromatic nitrogens is 1. The second-order valence-electron chi connectivity index (χ2n) is 4.56. The molecule has 1 atom stereocenters. The molecule has 0 spiro atoms. The molecule has 1 aromatic heterocycles. The Bertz CT molecular complexity index is 704. The number of ether oxygens (including phenoxy) is 1. The number of nitrogens with zero attached hydrogens (tertiary/aromatic N) is 3. The lowest BCUT2D eigenvalue weighted by Crippen LogP contribution is -2.18. The Hall–Kier alpha value is -2.07. The average molecular weight is 288 g/mol. The van der Waals surface area contributed by atoms with Gasteiger partial charge in [0.15, 0.2) is 0 Å². The summed E-state index contributed by atoms with van der Waals surface area (Å²) in [5.41, 5.74) is 1.86. The van der Waals surface area contributed by atoms with E-state index in [1.807, 2.05) is 60.3 Å². The van der Waals surface area contributed by atoms with Gasteiger partial charge >= 0.3 is 6.02 Å². The summed E-state index contributed by atoms with van der Waals surface area (Å²) in [6.45, 7) is 0.580. The molecule has 0 saturated carbocycles. The zero-order chi connectivity index (χ0) is 13.9. The summed E-state index contributed by atoms with van der Waals surface area (Å²) in [5.74, 6) is 0. The summed E-state index contributed by atoms with van der Waals surface area (Å²) in [7, 11) is 1.94. The summed E-state index contributed by atoms with van der Waals surface area (Å²) in [6, 6.07) is 13.8. The summed E-state index contributed by atoms with van der Waals surface area (Å²) < 4.78 is 7.69. The highest BCUT2D eigenvalue weighted by Gasteiger charge is 2.21. The third-order valence-corrected chi connectivity index (χ3v) is 3.37. The number of rotatable bonds is 1. The van der Waals surface area contributed by atoms with Gasteiger partial charge in [-0.15, -0.1) is 0 Å². The highest BCUT2D eigenvalue weighted by molar-refractivity contribution is 6.30. The predicted octanol–water partition coefficient (Wildman–Crippen LogP) is 2.71. The van der Waals surface area contributed by atoms with Crippen molar-refractivity contribution in [2.24, 2.45) is 17.0 Å². The van der Waals surface area contributed by atoms with Crippen molar-refractivity contribution in [1.82, 2.24) is 4.57 Å². The molecule has 0 aliphatic carbocycles. The topological polar surface area (TPSA) is 38.9 Å². The lowest BCUT2D eigenvalue weighted by atomic mass is 10.1. The van der Waals surface area contributed by atoms with Crippen molar-refractivity contribution in [2.45, 2.75) is 6.10 Å². The van der Waals surface area contributed by atoms with E-state index in [0.717, 1.165) is 11.1 Å². The maximum absolute atomic E-state index is 5.88. The third kappa shape index (κ3) is 2.75. The maximum atomic E-state index is 5.88. The number of aryl methyl sites for hydroxylation is 1. The number of halogens is 1. The number of hydrogen-bond donors (Lipinski definition) is 0. The molecule has 0 saturated heterocycles. The Morgan fingerprint density at radius 3 is 2.80 bits per heavy atom. The molecule has 1 unspecified atom stereocenters. The summed E-state index contributed by atoms with van der Waals surface area (Å²) in [5, 5.41) is 0.717. The van der Waals surface area contributed by atoms with Crippen LogP contribution in [0.3, 0.4) is 0 Å². The van der Waals surface area contributed by atoms with Crippen LogP contribution < -0.4 is 5.49 Å². The lowest BCUT2D eigenvalue weighted by Gasteiger charge is -2.09. The van der Waals surface area contributed by atoms with Crippen molar-refractivity contribution >= 4 is 17.6 Å². The second kappa shape index (κ2) is 5.51. The maximum Gasteiger partial charge on any atom is 0.314 e. The first kappa shape index (κ1) is 12.9. The molecule has 0 bridgehead atoms. The van der Waals surface area contributed by atoms with E-state index >= 15 is 0 Å². The van der Waals surface area contributed by atoms with Crippen molar-refractivity contribution < 1.29 is 4.74 Å². The molecule has 0 N–H and O–H groups in total. The standard InChI is InChI=1S/C15H14ClN3O/c1-19-9-3-2-4-14(19)18-15-17-10-13(20-15)11-5-7-12(16)8-6-11/h2-9,13H,10H2,1H3/b18-14+. The van der Waals surface area contributed by atoms with Gasteiger partial charge in [0.2, 0.25) is 0 Å². The smallest absolute Gasteiger partial charge is 0.314 e. The summed E-state index contributed by atoms with van der Waals surface area (Å²) in [4.78, 5) is 8.75. The molecule has 1 aromatic carbocycles. The SMILES string of the molecule is Cn1cccc/c1=N\C1=NCC(c2ccc(Cl)cc2)O1. The monoisotopic (exact) mass is 287 g/mol. The molecule has 102 valence electrons. The van der Waals surface area contributed by atoms with Crippen molar-refractivity contribution in [2.75, 3.05) is 6.54 Å². The number of pyridine rings is 1. The van der Waals surface area contributed by atoms with Gasteiger partial charge < -0.3 is 9.30 Å². The average Bonchev–Trinajstić information content (AvgIpc) is 2.91. The van der Waals surface area contributed by atoms with Crippen molar-refractivity contribution in [1.29, 1.82) is 0 Å². The number of benzene rings is 1. The molecule has 0 radical (unpaired) electrons. The van der Waals surface area contributed by atoms with Gasteiger partial charge in [-0.05, 0) is 29.8 Å². The molecule has 2 heterocycles. The van der Waals surface area contributed by atoms with Gasteiger partial charge in [-0.2, -0.15) is 4.99 Å². The Labute approximate surface area is 122 Å². The van der Waals surface area contributed by atoms with Gasteiger partial charge in [0, 0.05) is 18.3 Å². The van der Waals surface area contributed by atoms with Crippen molar-refractivity contribution in [3.05, 3.63) is 64.7 Å². The van der Waals surface area contributed by atoms with E-state index < -0.39 is 0 Å². The third-order valence-electron chi connectivity index (χ3n) is 3.12. The van der Waals surface area contributed by atoms with E-state index in [0.29, 0.717) is 17.6 Å². The van der Waals surface area contributed by atoms with Crippen LogP contribution >= 0.6 is 11.6 Å². The largest absolute Gasteiger partial charge is 0.453 e. The van der Waals surface area contributed by atoms with Crippen molar-refractivity contribution in [3.63, 3.8) is 0 Å². The molecule has 0 amide bonds. The first-order chi connectivity index (χ1) is 9.72. The summed E-state index contributed by atoms with van der Waals surface area (Å²) >= 11 is 5.88. The van der Waals surface area contributed by atoms with Crippen LogP contribution in [0.5, 0.6) is 0 Å². The molecule has 3 rings (SSSR count). The van der Waals surface area contributed by atoms with Crippen LogP contribution in [0.2, 0.25) is 5.02 Å². The molecule has 20 heavy (non-hydrogen) atoms. The number of amidine groups is 1. The Balaban J connectivity index is 1.78. The first-order valence-electron chi connectivity index (χ1n) is 6.35. The van der Waals surface area contributed by atoms with E-state index in [1.54, 1.807) is 0 Å². The highest BCUT2D eigenvalue weighted by atomic mass is 35.5. The van der Waals surface area contributed by atoms with Crippen molar-refractivity contribution in [3.8, 4) is 0 Å². The van der Waals surface area contributed by atoms with E-state index in [4.69, 9.17) is 16.3 Å².